The first-order chi connectivity index (χ1) is 11.6. The minimum absolute atomic E-state index is 0.537. The third-order valence-electron chi connectivity index (χ3n) is 3.15. The van der Waals surface area contributed by atoms with Gasteiger partial charge in [0.05, 0.1) is 5.69 Å². The molecule has 3 aromatic rings. The number of anilines is 3. The van der Waals surface area contributed by atoms with Crippen molar-refractivity contribution in [2.24, 2.45) is 0 Å². The predicted octanol–water partition coefficient (Wildman–Crippen LogP) is 5.02. The smallest absolute Gasteiger partial charge is 0.225 e. The van der Waals surface area contributed by atoms with Crippen molar-refractivity contribution in [3.8, 4) is 11.3 Å². The highest BCUT2D eigenvalue weighted by molar-refractivity contribution is 6.35. The zero-order valence-electron chi connectivity index (χ0n) is 12.9. The van der Waals surface area contributed by atoms with Crippen LogP contribution in [-0.2, 0) is 0 Å². The Kier molecular flexibility index (Phi) is 5.13. The number of benzene rings is 1. The fourth-order valence-corrected chi connectivity index (χ4v) is 2.71. The molecule has 7 heteroatoms. The highest BCUT2D eigenvalue weighted by Gasteiger charge is 2.08. The van der Waals surface area contributed by atoms with Gasteiger partial charge in [0.1, 0.15) is 5.82 Å². The van der Waals surface area contributed by atoms with Crippen LogP contribution in [0, 0.1) is 0 Å². The summed E-state index contributed by atoms with van der Waals surface area (Å²) >= 11 is 12.1. The van der Waals surface area contributed by atoms with E-state index in [1.165, 1.54) is 0 Å². The van der Waals surface area contributed by atoms with Crippen LogP contribution >= 0.6 is 23.2 Å². The number of aromatic nitrogens is 3. The monoisotopic (exact) mass is 359 g/mol. The Bertz CT molecular complexity index is 819. The molecule has 0 amide bonds. The molecule has 0 aliphatic rings. The van der Waals surface area contributed by atoms with Crippen molar-refractivity contribution < 1.29 is 0 Å². The second-order valence-corrected chi connectivity index (χ2v) is 5.89. The zero-order valence-corrected chi connectivity index (χ0v) is 14.4. The number of halogens is 2. The average molecular weight is 360 g/mol. The predicted molar refractivity (Wildman–Crippen MR) is 99.2 cm³/mol. The number of nitrogens with zero attached hydrogens (tertiary/aromatic N) is 3. The van der Waals surface area contributed by atoms with Gasteiger partial charge in [0.2, 0.25) is 5.95 Å². The van der Waals surface area contributed by atoms with Gasteiger partial charge in [-0.3, -0.25) is 4.98 Å². The molecule has 0 aliphatic heterocycles. The first-order valence-corrected chi connectivity index (χ1v) is 8.16. The third-order valence-corrected chi connectivity index (χ3v) is 3.59. The van der Waals surface area contributed by atoms with E-state index < -0.39 is 0 Å². The van der Waals surface area contributed by atoms with Crippen LogP contribution in [0.3, 0.4) is 0 Å². The molecule has 0 aliphatic carbocycles. The number of rotatable bonds is 5. The maximum absolute atomic E-state index is 6.05. The van der Waals surface area contributed by atoms with Crippen LogP contribution < -0.4 is 10.6 Å². The normalized spacial score (nSPS) is 10.5. The van der Waals surface area contributed by atoms with Gasteiger partial charge in [-0.2, -0.15) is 4.98 Å². The van der Waals surface area contributed by atoms with Crippen molar-refractivity contribution in [2.45, 2.75) is 6.92 Å². The second kappa shape index (κ2) is 7.47. The van der Waals surface area contributed by atoms with Gasteiger partial charge in [-0.1, -0.05) is 23.2 Å². The second-order valence-electron chi connectivity index (χ2n) is 5.02. The van der Waals surface area contributed by atoms with E-state index >= 15 is 0 Å². The molecule has 3 rings (SSSR count). The lowest BCUT2D eigenvalue weighted by atomic mass is 10.2. The summed E-state index contributed by atoms with van der Waals surface area (Å²) in [6.45, 7) is 2.71. The fourth-order valence-electron chi connectivity index (χ4n) is 2.18. The van der Waals surface area contributed by atoms with Gasteiger partial charge in [0.15, 0.2) is 0 Å². The highest BCUT2D eigenvalue weighted by atomic mass is 35.5. The molecule has 5 nitrogen and oxygen atoms in total. The first-order valence-electron chi connectivity index (χ1n) is 7.40. The highest BCUT2D eigenvalue weighted by Crippen LogP contribution is 2.27. The number of hydrogen-bond donors (Lipinski definition) is 2. The van der Waals surface area contributed by atoms with Gasteiger partial charge >= 0.3 is 0 Å². The van der Waals surface area contributed by atoms with Crippen LogP contribution in [0.1, 0.15) is 6.92 Å². The van der Waals surface area contributed by atoms with Gasteiger partial charge in [0, 0.05) is 46.3 Å². The van der Waals surface area contributed by atoms with Crippen molar-refractivity contribution in [1.29, 1.82) is 0 Å². The van der Waals surface area contributed by atoms with E-state index in [0.717, 1.165) is 23.5 Å². The summed E-state index contributed by atoms with van der Waals surface area (Å²) in [6.07, 6.45) is 3.49. The summed E-state index contributed by atoms with van der Waals surface area (Å²) in [5.74, 6) is 1.17. The molecule has 2 N–H and O–H groups in total. The van der Waals surface area contributed by atoms with Crippen LogP contribution in [0.5, 0.6) is 0 Å². The summed E-state index contributed by atoms with van der Waals surface area (Å²) in [6, 6.07) is 10.9. The Morgan fingerprint density at radius 2 is 1.83 bits per heavy atom. The summed E-state index contributed by atoms with van der Waals surface area (Å²) < 4.78 is 0. The Morgan fingerprint density at radius 3 is 2.50 bits per heavy atom. The lowest BCUT2D eigenvalue weighted by Gasteiger charge is -2.11. The SMILES string of the molecule is CCNc1nc(Nc2cc(Cl)cc(Cl)c2)cc(-c2cccnc2)n1. The molecule has 122 valence electrons. The van der Waals surface area contributed by atoms with E-state index in [9.17, 15) is 0 Å². The molecule has 0 saturated heterocycles. The molecule has 0 atom stereocenters. The summed E-state index contributed by atoms with van der Waals surface area (Å²) in [5, 5.41) is 7.45. The van der Waals surface area contributed by atoms with E-state index in [1.807, 2.05) is 25.1 Å². The van der Waals surface area contributed by atoms with Crippen molar-refractivity contribution in [3.05, 3.63) is 58.8 Å². The van der Waals surface area contributed by atoms with E-state index in [4.69, 9.17) is 23.2 Å². The Labute approximate surface area is 150 Å². The largest absolute Gasteiger partial charge is 0.354 e. The first kappa shape index (κ1) is 16.5. The van der Waals surface area contributed by atoms with Crippen molar-refractivity contribution in [3.63, 3.8) is 0 Å². The average Bonchev–Trinajstić information content (AvgIpc) is 2.55. The maximum Gasteiger partial charge on any atom is 0.225 e. The van der Waals surface area contributed by atoms with Crippen LogP contribution in [0.25, 0.3) is 11.3 Å². The van der Waals surface area contributed by atoms with E-state index in [-0.39, 0.29) is 0 Å². The summed E-state index contributed by atoms with van der Waals surface area (Å²) in [7, 11) is 0. The van der Waals surface area contributed by atoms with Crippen molar-refractivity contribution in [2.75, 3.05) is 17.2 Å². The summed E-state index contributed by atoms with van der Waals surface area (Å²) in [4.78, 5) is 13.1. The van der Waals surface area contributed by atoms with Crippen LogP contribution in [0.15, 0.2) is 48.8 Å². The Hall–Kier alpha value is -2.37. The molecular weight excluding hydrogens is 345 g/mol. The molecule has 0 spiro atoms. The maximum atomic E-state index is 6.05. The van der Waals surface area contributed by atoms with Crippen LogP contribution in [-0.4, -0.2) is 21.5 Å². The van der Waals surface area contributed by atoms with E-state index in [0.29, 0.717) is 21.8 Å². The van der Waals surface area contributed by atoms with E-state index in [1.54, 1.807) is 30.6 Å². The lowest BCUT2D eigenvalue weighted by Crippen LogP contribution is -2.05. The Balaban J connectivity index is 1.98. The number of hydrogen-bond acceptors (Lipinski definition) is 5. The molecule has 0 saturated carbocycles. The molecule has 0 bridgehead atoms. The molecule has 2 heterocycles. The Morgan fingerprint density at radius 1 is 1.04 bits per heavy atom. The minimum Gasteiger partial charge on any atom is -0.354 e. The quantitative estimate of drug-likeness (QED) is 0.669. The molecule has 1 aromatic carbocycles. The topological polar surface area (TPSA) is 62.7 Å². The van der Waals surface area contributed by atoms with Crippen molar-refractivity contribution >= 4 is 40.7 Å². The van der Waals surface area contributed by atoms with Gasteiger partial charge in [0.25, 0.3) is 0 Å². The number of pyridine rings is 1. The van der Waals surface area contributed by atoms with Crippen LogP contribution in [0.2, 0.25) is 10.0 Å². The number of nitrogens with one attached hydrogen (secondary N) is 2. The van der Waals surface area contributed by atoms with Crippen molar-refractivity contribution in [1.82, 2.24) is 15.0 Å². The van der Waals surface area contributed by atoms with Gasteiger partial charge < -0.3 is 10.6 Å². The third kappa shape index (κ3) is 4.13. The molecule has 0 radical (unpaired) electrons. The van der Waals surface area contributed by atoms with Gasteiger partial charge in [-0.15, -0.1) is 0 Å². The molecule has 2 aromatic heterocycles. The molecule has 0 unspecified atom stereocenters. The zero-order chi connectivity index (χ0) is 16.9. The molecular formula is C17H15Cl2N5. The standard InChI is InChI=1S/C17H15Cl2N5/c1-2-21-17-23-15(11-4-3-5-20-10-11)9-16(24-17)22-14-7-12(18)6-13(19)8-14/h3-10H,2H2,1H3,(H2,21,22,23,24). The van der Waals surface area contributed by atoms with Crippen LogP contribution in [0.4, 0.5) is 17.5 Å². The molecule has 0 fully saturated rings. The minimum atomic E-state index is 0.537. The van der Waals surface area contributed by atoms with Gasteiger partial charge in [-0.05, 0) is 37.3 Å². The molecule has 24 heavy (non-hydrogen) atoms. The fraction of sp³-hybridized carbons (Fsp3) is 0.118. The lowest BCUT2D eigenvalue weighted by molar-refractivity contribution is 1.09. The van der Waals surface area contributed by atoms with Gasteiger partial charge in [-0.25, -0.2) is 4.98 Å². The van der Waals surface area contributed by atoms with E-state index in [2.05, 4.69) is 25.6 Å². The summed E-state index contributed by atoms with van der Waals surface area (Å²) in [5.41, 5.74) is 2.43.